The van der Waals surface area contributed by atoms with Crippen molar-refractivity contribution in [3.05, 3.63) is 48.3 Å². The summed E-state index contributed by atoms with van der Waals surface area (Å²) in [4.78, 5) is 20.8. The number of rotatable bonds is 6. The first-order valence-corrected chi connectivity index (χ1v) is 9.11. The zero-order valence-electron chi connectivity index (χ0n) is 15.2. The minimum atomic E-state index is -0.0947. The summed E-state index contributed by atoms with van der Waals surface area (Å²) in [6, 6.07) is 9.29. The molecule has 26 heavy (non-hydrogen) atoms. The number of pyridine rings is 2. The van der Waals surface area contributed by atoms with E-state index in [4.69, 9.17) is 9.47 Å². The van der Waals surface area contributed by atoms with E-state index in [2.05, 4.69) is 15.3 Å². The van der Waals surface area contributed by atoms with Crippen LogP contribution in [0.4, 0.5) is 0 Å². The fraction of sp³-hybridized carbons (Fsp3) is 0.450. The van der Waals surface area contributed by atoms with Gasteiger partial charge in [-0.25, -0.2) is 9.97 Å². The summed E-state index contributed by atoms with van der Waals surface area (Å²) in [5.74, 6) is 1.10. The van der Waals surface area contributed by atoms with Crippen LogP contribution in [0.15, 0.2) is 42.7 Å². The van der Waals surface area contributed by atoms with Crippen molar-refractivity contribution < 1.29 is 14.3 Å². The van der Waals surface area contributed by atoms with Gasteiger partial charge in [-0.15, -0.1) is 0 Å². The van der Waals surface area contributed by atoms with E-state index >= 15 is 0 Å². The maximum Gasteiger partial charge on any atom is 0.253 e. The minimum Gasteiger partial charge on any atom is -0.475 e. The Hall–Kier alpha value is -2.63. The first kappa shape index (κ1) is 18.2. The van der Waals surface area contributed by atoms with Crippen LogP contribution in [0, 0.1) is 0 Å². The number of nitrogens with one attached hydrogen (secondary N) is 1. The average molecular weight is 355 g/mol. The van der Waals surface area contributed by atoms with Crippen LogP contribution < -0.4 is 14.8 Å². The van der Waals surface area contributed by atoms with Crippen molar-refractivity contribution in [2.45, 2.75) is 57.8 Å². The summed E-state index contributed by atoms with van der Waals surface area (Å²) in [5, 5.41) is 3.09. The second-order valence-electron chi connectivity index (χ2n) is 6.78. The summed E-state index contributed by atoms with van der Waals surface area (Å²) in [6.07, 6.45) is 7.10. The lowest BCUT2D eigenvalue weighted by Gasteiger charge is -2.29. The van der Waals surface area contributed by atoms with Crippen LogP contribution in [0.1, 0.15) is 49.9 Å². The highest BCUT2D eigenvalue weighted by atomic mass is 16.5. The summed E-state index contributed by atoms with van der Waals surface area (Å²) < 4.78 is 11.4. The van der Waals surface area contributed by atoms with E-state index in [0.29, 0.717) is 17.3 Å². The molecule has 1 amide bonds. The van der Waals surface area contributed by atoms with Gasteiger partial charge in [0.05, 0.1) is 11.7 Å². The molecule has 0 aromatic carbocycles. The highest BCUT2D eigenvalue weighted by Gasteiger charge is 2.24. The van der Waals surface area contributed by atoms with Gasteiger partial charge < -0.3 is 14.8 Å². The molecule has 0 saturated heterocycles. The molecule has 3 rings (SSSR count). The number of nitrogens with zero attached hydrogens (tertiary/aromatic N) is 2. The number of hydrogen-bond acceptors (Lipinski definition) is 5. The SMILES string of the molecule is CC(C)Oc1ccc(C(=O)NC2CCC(Oc3ccccn3)CC2)cn1. The summed E-state index contributed by atoms with van der Waals surface area (Å²) in [6.45, 7) is 3.88. The van der Waals surface area contributed by atoms with E-state index in [9.17, 15) is 4.79 Å². The van der Waals surface area contributed by atoms with Gasteiger partial charge in [-0.05, 0) is 51.7 Å². The summed E-state index contributed by atoms with van der Waals surface area (Å²) in [5.41, 5.74) is 0.549. The number of carbonyl (C=O) groups is 1. The van der Waals surface area contributed by atoms with Crippen LogP contribution in [-0.2, 0) is 0 Å². The predicted octanol–water partition coefficient (Wildman–Crippen LogP) is 3.38. The second kappa shape index (κ2) is 8.65. The lowest BCUT2D eigenvalue weighted by atomic mass is 9.92. The second-order valence-corrected chi connectivity index (χ2v) is 6.78. The molecule has 0 spiro atoms. The van der Waals surface area contributed by atoms with Gasteiger partial charge in [-0.3, -0.25) is 4.79 Å². The molecule has 0 bridgehead atoms. The van der Waals surface area contributed by atoms with Gasteiger partial charge in [0.15, 0.2) is 0 Å². The molecular weight excluding hydrogens is 330 g/mol. The molecule has 1 fully saturated rings. The highest BCUT2D eigenvalue weighted by molar-refractivity contribution is 5.94. The zero-order valence-corrected chi connectivity index (χ0v) is 15.2. The fourth-order valence-electron chi connectivity index (χ4n) is 3.01. The topological polar surface area (TPSA) is 73.3 Å². The smallest absolute Gasteiger partial charge is 0.253 e. The van der Waals surface area contributed by atoms with Gasteiger partial charge in [-0.2, -0.15) is 0 Å². The molecule has 1 N–H and O–H groups in total. The van der Waals surface area contributed by atoms with Gasteiger partial charge in [-0.1, -0.05) is 6.07 Å². The van der Waals surface area contributed by atoms with Crippen molar-refractivity contribution in [2.75, 3.05) is 0 Å². The molecule has 2 heterocycles. The van der Waals surface area contributed by atoms with Crippen LogP contribution in [0.2, 0.25) is 0 Å². The molecule has 138 valence electrons. The Morgan fingerprint density at radius 2 is 1.88 bits per heavy atom. The maximum absolute atomic E-state index is 12.4. The number of hydrogen-bond donors (Lipinski definition) is 1. The van der Waals surface area contributed by atoms with Gasteiger partial charge in [0.1, 0.15) is 6.10 Å². The van der Waals surface area contributed by atoms with Crippen LogP contribution in [0.3, 0.4) is 0 Å². The zero-order chi connectivity index (χ0) is 18.4. The van der Waals surface area contributed by atoms with Crippen molar-refractivity contribution >= 4 is 5.91 Å². The lowest BCUT2D eigenvalue weighted by molar-refractivity contribution is 0.0889. The third-order valence-corrected chi connectivity index (χ3v) is 4.29. The number of aromatic nitrogens is 2. The molecule has 1 aliphatic carbocycles. The Balaban J connectivity index is 1.46. The fourth-order valence-corrected chi connectivity index (χ4v) is 3.01. The van der Waals surface area contributed by atoms with Gasteiger partial charge >= 0.3 is 0 Å². The number of ether oxygens (including phenoxy) is 2. The number of amides is 1. The van der Waals surface area contributed by atoms with Crippen molar-refractivity contribution in [3.8, 4) is 11.8 Å². The quantitative estimate of drug-likeness (QED) is 0.860. The molecule has 2 aromatic heterocycles. The van der Waals surface area contributed by atoms with Crippen molar-refractivity contribution in [1.82, 2.24) is 15.3 Å². The minimum absolute atomic E-state index is 0.0608. The first-order chi connectivity index (χ1) is 12.6. The highest BCUT2D eigenvalue weighted by Crippen LogP contribution is 2.23. The van der Waals surface area contributed by atoms with Crippen molar-refractivity contribution in [2.24, 2.45) is 0 Å². The van der Waals surface area contributed by atoms with Gasteiger partial charge in [0.2, 0.25) is 11.8 Å². The Morgan fingerprint density at radius 1 is 1.08 bits per heavy atom. The molecule has 0 radical (unpaired) electrons. The van der Waals surface area contributed by atoms with E-state index < -0.39 is 0 Å². The Labute approximate surface area is 154 Å². The Kier molecular flexibility index (Phi) is 6.04. The molecule has 6 heteroatoms. The van der Waals surface area contributed by atoms with Crippen LogP contribution in [0.5, 0.6) is 11.8 Å². The van der Waals surface area contributed by atoms with E-state index in [1.54, 1.807) is 24.5 Å². The normalized spacial score (nSPS) is 19.8. The predicted molar refractivity (Wildman–Crippen MR) is 98.4 cm³/mol. The monoisotopic (exact) mass is 355 g/mol. The van der Waals surface area contributed by atoms with Crippen molar-refractivity contribution in [3.63, 3.8) is 0 Å². The Morgan fingerprint density at radius 3 is 2.50 bits per heavy atom. The first-order valence-electron chi connectivity index (χ1n) is 9.11. The average Bonchev–Trinajstić information content (AvgIpc) is 2.64. The third-order valence-electron chi connectivity index (χ3n) is 4.29. The summed E-state index contributed by atoms with van der Waals surface area (Å²) in [7, 11) is 0. The van der Waals surface area contributed by atoms with E-state index in [0.717, 1.165) is 25.7 Å². The van der Waals surface area contributed by atoms with Crippen molar-refractivity contribution in [1.29, 1.82) is 0 Å². The van der Waals surface area contributed by atoms with E-state index in [-0.39, 0.29) is 24.2 Å². The summed E-state index contributed by atoms with van der Waals surface area (Å²) >= 11 is 0. The molecule has 1 aliphatic rings. The largest absolute Gasteiger partial charge is 0.475 e. The molecule has 2 aromatic rings. The lowest BCUT2D eigenvalue weighted by Crippen LogP contribution is -2.39. The van der Waals surface area contributed by atoms with Gasteiger partial charge in [0.25, 0.3) is 5.91 Å². The number of carbonyl (C=O) groups excluding carboxylic acids is 1. The van der Waals surface area contributed by atoms with E-state index in [1.165, 1.54) is 0 Å². The van der Waals surface area contributed by atoms with E-state index in [1.807, 2.05) is 32.0 Å². The third kappa shape index (κ3) is 5.18. The molecular formula is C20H25N3O3. The van der Waals surface area contributed by atoms with Gasteiger partial charge in [0, 0.05) is 30.6 Å². The molecule has 6 nitrogen and oxygen atoms in total. The Bertz CT molecular complexity index is 696. The van der Waals surface area contributed by atoms with Crippen LogP contribution >= 0.6 is 0 Å². The standard InChI is InChI=1S/C20H25N3O3/c1-14(2)25-19-11-6-15(13-22-19)20(24)23-16-7-9-17(10-8-16)26-18-5-3-4-12-21-18/h3-6,11-14,16-17H,7-10H2,1-2H3,(H,23,24). The molecule has 0 unspecified atom stereocenters. The molecule has 1 saturated carbocycles. The molecule has 0 atom stereocenters. The maximum atomic E-state index is 12.4. The molecule has 0 aliphatic heterocycles. The van der Waals surface area contributed by atoms with Crippen LogP contribution in [0.25, 0.3) is 0 Å². The van der Waals surface area contributed by atoms with Crippen LogP contribution in [-0.4, -0.2) is 34.1 Å².